The van der Waals surface area contributed by atoms with E-state index in [1.165, 1.54) is 19.3 Å². The van der Waals surface area contributed by atoms with E-state index in [9.17, 15) is 5.11 Å². The fraction of sp³-hybridized carbons (Fsp3) is 1.00. The predicted octanol–water partition coefficient (Wildman–Crippen LogP) is 1.78. The minimum absolute atomic E-state index is 0.349. The quantitative estimate of drug-likeness (QED) is 0.699. The van der Waals surface area contributed by atoms with E-state index in [1.54, 1.807) is 0 Å². The predicted molar refractivity (Wildman–Crippen MR) is 61.7 cm³/mol. The molecule has 2 fully saturated rings. The van der Waals surface area contributed by atoms with E-state index in [0.29, 0.717) is 11.3 Å². The first-order valence-electron chi connectivity index (χ1n) is 5.78. The molecule has 2 nitrogen and oxygen atoms in total. The smallest absolute Gasteiger partial charge is 0.0900 e. The molecule has 0 amide bonds. The fourth-order valence-electron chi connectivity index (χ4n) is 2.63. The third-order valence-electron chi connectivity index (χ3n) is 3.47. The van der Waals surface area contributed by atoms with Crippen molar-refractivity contribution in [3.63, 3.8) is 0 Å². The maximum Gasteiger partial charge on any atom is 0.0900 e. The zero-order valence-corrected chi connectivity index (χ0v) is 9.78. The number of thioether (sulfide) groups is 1. The third kappa shape index (κ3) is 2.26. The maximum absolute atomic E-state index is 10.5. The van der Waals surface area contributed by atoms with Crippen LogP contribution in [0.25, 0.3) is 0 Å². The number of aliphatic hydroxyl groups is 1. The molecule has 2 heterocycles. The minimum Gasteiger partial charge on any atom is -0.387 e. The van der Waals surface area contributed by atoms with E-state index in [1.807, 2.05) is 11.8 Å². The summed E-state index contributed by atoms with van der Waals surface area (Å²) in [6.07, 6.45) is 6.00. The highest BCUT2D eigenvalue weighted by molar-refractivity contribution is 8.00. The van der Waals surface area contributed by atoms with Gasteiger partial charge in [-0.15, -0.1) is 0 Å². The number of rotatable bonds is 1. The van der Waals surface area contributed by atoms with Crippen molar-refractivity contribution in [1.29, 1.82) is 0 Å². The molecule has 2 rings (SSSR count). The van der Waals surface area contributed by atoms with Crippen LogP contribution in [0.4, 0.5) is 0 Å². The summed E-state index contributed by atoms with van der Waals surface area (Å²) in [5, 5.41) is 14.7. The minimum atomic E-state index is -0.422. The summed E-state index contributed by atoms with van der Waals surface area (Å²) in [7, 11) is 0. The van der Waals surface area contributed by atoms with Crippen molar-refractivity contribution in [2.75, 3.05) is 12.3 Å². The van der Waals surface area contributed by atoms with Crippen molar-refractivity contribution in [3.8, 4) is 0 Å². The Hall–Kier alpha value is 0.270. The topological polar surface area (TPSA) is 32.3 Å². The van der Waals surface area contributed by atoms with E-state index >= 15 is 0 Å². The van der Waals surface area contributed by atoms with Gasteiger partial charge in [0.1, 0.15) is 0 Å². The van der Waals surface area contributed by atoms with Crippen LogP contribution >= 0.6 is 11.8 Å². The maximum atomic E-state index is 10.5. The van der Waals surface area contributed by atoms with Crippen molar-refractivity contribution < 1.29 is 5.11 Å². The average Bonchev–Trinajstić information content (AvgIpc) is 2.45. The van der Waals surface area contributed by atoms with Crippen LogP contribution in [-0.2, 0) is 0 Å². The van der Waals surface area contributed by atoms with Gasteiger partial charge < -0.3 is 10.4 Å². The lowest BCUT2D eigenvalue weighted by Gasteiger charge is -2.32. The Bertz CT molecular complexity index is 192. The molecule has 0 aliphatic carbocycles. The van der Waals surface area contributed by atoms with Crippen LogP contribution < -0.4 is 5.32 Å². The molecular formula is C11H21NOS. The van der Waals surface area contributed by atoms with Gasteiger partial charge in [-0.1, -0.05) is 19.8 Å². The van der Waals surface area contributed by atoms with Crippen molar-refractivity contribution in [1.82, 2.24) is 5.32 Å². The lowest BCUT2D eigenvalue weighted by Crippen LogP contribution is -2.50. The van der Waals surface area contributed by atoms with Crippen LogP contribution in [0.5, 0.6) is 0 Å². The van der Waals surface area contributed by atoms with Crippen molar-refractivity contribution in [2.24, 2.45) is 0 Å². The first-order valence-corrected chi connectivity index (χ1v) is 6.83. The average molecular weight is 215 g/mol. The van der Waals surface area contributed by atoms with Gasteiger partial charge in [-0.2, -0.15) is 11.8 Å². The molecule has 0 aromatic rings. The SMILES string of the molecule is CC1CC(O)(C2CCCCCN2)CS1. The fourth-order valence-corrected chi connectivity index (χ4v) is 3.93. The van der Waals surface area contributed by atoms with Crippen molar-refractivity contribution in [3.05, 3.63) is 0 Å². The number of hydrogen-bond donors (Lipinski definition) is 2. The monoisotopic (exact) mass is 215 g/mol. The number of hydrogen-bond acceptors (Lipinski definition) is 3. The Labute approximate surface area is 90.8 Å². The second-order valence-electron chi connectivity index (χ2n) is 4.79. The molecule has 0 aromatic carbocycles. The van der Waals surface area contributed by atoms with Gasteiger partial charge in [0.05, 0.1) is 5.60 Å². The van der Waals surface area contributed by atoms with Gasteiger partial charge in [0.15, 0.2) is 0 Å². The molecule has 3 unspecified atom stereocenters. The highest BCUT2D eigenvalue weighted by atomic mass is 32.2. The van der Waals surface area contributed by atoms with E-state index in [-0.39, 0.29) is 0 Å². The molecular weight excluding hydrogens is 194 g/mol. The first-order chi connectivity index (χ1) is 6.71. The van der Waals surface area contributed by atoms with Gasteiger partial charge in [-0.05, 0) is 25.8 Å². The molecule has 0 spiro atoms. The number of nitrogens with one attached hydrogen (secondary N) is 1. The summed E-state index contributed by atoms with van der Waals surface area (Å²) in [5.41, 5.74) is -0.422. The Morgan fingerprint density at radius 3 is 2.93 bits per heavy atom. The molecule has 2 saturated heterocycles. The second kappa shape index (κ2) is 4.42. The van der Waals surface area contributed by atoms with Crippen LogP contribution in [-0.4, -0.2) is 34.3 Å². The summed E-state index contributed by atoms with van der Waals surface area (Å²) >= 11 is 1.91. The standard InChI is InChI=1S/C11H21NOS/c1-9-7-11(13,8-14-9)10-5-3-2-4-6-12-10/h9-10,12-13H,2-8H2,1H3. The Morgan fingerprint density at radius 2 is 2.21 bits per heavy atom. The summed E-state index contributed by atoms with van der Waals surface area (Å²) in [5.74, 6) is 0.922. The van der Waals surface area contributed by atoms with E-state index in [0.717, 1.165) is 25.1 Å². The van der Waals surface area contributed by atoms with Crippen LogP contribution in [0, 0.1) is 0 Å². The lowest BCUT2D eigenvalue weighted by atomic mass is 9.88. The van der Waals surface area contributed by atoms with Crippen molar-refractivity contribution >= 4 is 11.8 Å². The zero-order chi connectivity index (χ0) is 10.0. The largest absolute Gasteiger partial charge is 0.387 e. The summed E-state index contributed by atoms with van der Waals surface area (Å²) in [6, 6.07) is 0.349. The van der Waals surface area contributed by atoms with E-state index in [2.05, 4.69) is 12.2 Å². The van der Waals surface area contributed by atoms with Crippen LogP contribution in [0.15, 0.2) is 0 Å². The van der Waals surface area contributed by atoms with Crippen LogP contribution in [0.3, 0.4) is 0 Å². The molecule has 82 valence electrons. The summed E-state index contributed by atoms with van der Waals surface area (Å²) in [4.78, 5) is 0. The van der Waals surface area contributed by atoms with Gasteiger partial charge in [-0.25, -0.2) is 0 Å². The second-order valence-corrected chi connectivity index (χ2v) is 6.21. The first kappa shape index (κ1) is 10.8. The Kier molecular flexibility index (Phi) is 3.40. The highest BCUT2D eigenvalue weighted by Crippen LogP contribution is 2.38. The van der Waals surface area contributed by atoms with Gasteiger partial charge >= 0.3 is 0 Å². The molecule has 2 aliphatic heterocycles. The zero-order valence-electron chi connectivity index (χ0n) is 8.96. The lowest BCUT2D eigenvalue weighted by molar-refractivity contribution is 0.0216. The van der Waals surface area contributed by atoms with E-state index < -0.39 is 5.60 Å². The molecule has 3 atom stereocenters. The van der Waals surface area contributed by atoms with Gasteiger partial charge in [0.25, 0.3) is 0 Å². The van der Waals surface area contributed by atoms with Crippen LogP contribution in [0.2, 0.25) is 0 Å². The molecule has 2 aliphatic rings. The van der Waals surface area contributed by atoms with Gasteiger partial charge in [0.2, 0.25) is 0 Å². The van der Waals surface area contributed by atoms with Crippen molar-refractivity contribution in [2.45, 2.75) is 55.9 Å². The molecule has 3 heteroatoms. The summed E-state index contributed by atoms with van der Waals surface area (Å²) in [6.45, 7) is 3.31. The third-order valence-corrected chi connectivity index (χ3v) is 4.87. The molecule has 0 bridgehead atoms. The summed E-state index contributed by atoms with van der Waals surface area (Å²) < 4.78 is 0. The molecule has 0 aromatic heterocycles. The van der Waals surface area contributed by atoms with Gasteiger partial charge in [-0.3, -0.25) is 0 Å². The Morgan fingerprint density at radius 1 is 1.36 bits per heavy atom. The highest BCUT2D eigenvalue weighted by Gasteiger charge is 2.42. The van der Waals surface area contributed by atoms with Crippen LogP contribution in [0.1, 0.15) is 39.0 Å². The molecule has 2 N–H and O–H groups in total. The Balaban J connectivity index is 1.97. The van der Waals surface area contributed by atoms with E-state index in [4.69, 9.17) is 0 Å². The normalized spacial score (nSPS) is 45.0. The van der Waals surface area contributed by atoms with Gasteiger partial charge in [0, 0.05) is 17.0 Å². The molecule has 0 radical (unpaired) electrons. The molecule has 14 heavy (non-hydrogen) atoms. The molecule has 0 saturated carbocycles.